The average Bonchev–Trinajstić information content (AvgIpc) is 2.59. The molecule has 1 saturated carbocycles. The van der Waals surface area contributed by atoms with Gasteiger partial charge in [-0.05, 0) is 44.2 Å². The number of amidine groups is 1. The second-order valence-electron chi connectivity index (χ2n) is 6.19. The molecule has 1 aliphatic rings. The van der Waals surface area contributed by atoms with Crippen LogP contribution < -0.4 is 11.1 Å². The Hall–Kier alpha value is -1.23. The second-order valence-corrected chi connectivity index (χ2v) is 7.00. The number of nitrogens with one attached hydrogen (secondary N) is 1. The summed E-state index contributed by atoms with van der Waals surface area (Å²) in [5.41, 5.74) is 6.77. The molecule has 0 saturated heterocycles. The number of anilines is 1. The zero-order chi connectivity index (χ0) is 17.4. The molecule has 6 heteroatoms. The van der Waals surface area contributed by atoms with Crippen molar-refractivity contribution in [2.45, 2.75) is 38.1 Å². The maximum absolute atomic E-state index is 5.97. The molecular formula is C18H26Cl2N4. The Morgan fingerprint density at radius 2 is 2.04 bits per heavy atom. The highest BCUT2D eigenvalue weighted by Crippen LogP contribution is 2.25. The van der Waals surface area contributed by atoms with Gasteiger partial charge in [0.1, 0.15) is 5.84 Å². The van der Waals surface area contributed by atoms with Crippen LogP contribution in [0.25, 0.3) is 0 Å². The van der Waals surface area contributed by atoms with Crippen LogP contribution in [0.15, 0.2) is 35.5 Å². The molecule has 0 amide bonds. The van der Waals surface area contributed by atoms with Gasteiger partial charge < -0.3 is 16.0 Å². The van der Waals surface area contributed by atoms with Crippen LogP contribution in [0.3, 0.4) is 0 Å². The molecule has 0 unspecified atom stereocenters. The maximum Gasteiger partial charge on any atom is 0.119 e. The zero-order valence-corrected chi connectivity index (χ0v) is 15.7. The van der Waals surface area contributed by atoms with Crippen molar-refractivity contribution in [1.82, 2.24) is 4.90 Å². The lowest BCUT2D eigenvalue weighted by Crippen LogP contribution is -2.35. The highest BCUT2D eigenvalue weighted by atomic mass is 35.5. The Labute approximate surface area is 154 Å². The standard InChI is InChI=1S/C18H26Cl2N4/c1-24(15-5-3-2-4-6-15)12-11-23-18(21)9-10-22-14-7-8-16(19)17(20)13-14/h7-10,13,15,22H,2-6,11-12H2,1H3,(H2,21,23)/b10-9-. The molecule has 1 fully saturated rings. The smallest absolute Gasteiger partial charge is 0.119 e. The monoisotopic (exact) mass is 368 g/mol. The summed E-state index contributed by atoms with van der Waals surface area (Å²) in [4.78, 5) is 6.81. The summed E-state index contributed by atoms with van der Waals surface area (Å²) in [5.74, 6) is 0.514. The van der Waals surface area contributed by atoms with Crippen molar-refractivity contribution in [2.24, 2.45) is 10.7 Å². The molecule has 3 N–H and O–H groups in total. The van der Waals surface area contributed by atoms with E-state index < -0.39 is 0 Å². The van der Waals surface area contributed by atoms with Crippen LogP contribution in [0.1, 0.15) is 32.1 Å². The van der Waals surface area contributed by atoms with Gasteiger partial charge in [0.05, 0.1) is 16.6 Å². The van der Waals surface area contributed by atoms with Crippen molar-refractivity contribution in [3.05, 3.63) is 40.5 Å². The molecule has 0 aliphatic heterocycles. The molecule has 0 spiro atoms. The highest BCUT2D eigenvalue weighted by molar-refractivity contribution is 6.42. The van der Waals surface area contributed by atoms with Crippen molar-refractivity contribution in [2.75, 3.05) is 25.5 Å². The van der Waals surface area contributed by atoms with Crippen LogP contribution in [0, 0.1) is 0 Å². The second kappa shape index (κ2) is 9.92. The van der Waals surface area contributed by atoms with Crippen LogP contribution in [-0.2, 0) is 0 Å². The fourth-order valence-corrected chi connectivity index (χ4v) is 3.20. The van der Waals surface area contributed by atoms with Crippen molar-refractivity contribution >= 4 is 34.7 Å². The summed E-state index contributed by atoms with van der Waals surface area (Å²) < 4.78 is 0. The SMILES string of the molecule is CN(CCN=C(N)/C=C\Nc1ccc(Cl)c(Cl)c1)C1CCCCC1. The molecule has 1 aromatic carbocycles. The lowest BCUT2D eigenvalue weighted by atomic mass is 9.94. The maximum atomic E-state index is 5.97. The molecule has 4 nitrogen and oxygen atoms in total. The Kier molecular flexibility index (Phi) is 7.89. The van der Waals surface area contributed by atoms with Gasteiger partial charge in [0, 0.05) is 24.5 Å². The molecule has 1 aromatic rings. The van der Waals surface area contributed by atoms with Gasteiger partial charge in [0.25, 0.3) is 0 Å². The predicted octanol–water partition coefficient (Wildman–Crippen LogP) is 4.54. The van der Waals surface area contributed by atoms with Gasteiger partial charge in [-0.25, -0.2) is 0 Å². The fourth-order valence-electron chi connectivity index (χ4n) is 2.90. The van der Waals surface area contributed by atoms with E-state index in [1.165, 1.54) is 32.1 Å². The molecule has 2 rings (SSSR count). The number of benzene rings is 1. The summed E-state index contributed by atoms with van der Waals surface area (Å²) in [6.45, 7) is 1.66. The average molecular weight is 369 g/mol. The largest absolute Gasteiger partial charge is 0.384 e. The van der Waals surface area contributed by atoms with Crippen LogP contribution in [-0.4, -0.2) is 36.9 Å². The number of halogens is 2. The van der Waals surface area contributed by atoms with E-state index in [-0.39, 0.29) is 0 Å². The predicted molar refractivity (Wildman–Crippen MR) is 105 cm³/mol. The quantitative estimate of drug-likeness (QED) is 0.548. The van der Waals surface area contributed by atoms with Gasteiger partial charge in [-0.3, -0.25) is 4.99 Å². The third-order valence-electron chi connectivity index (χ3n) is 4.37. The minimum Gasteiger partial charge on any atom is -0.384 e. The summed E-state index contributed by atoms with van der Waals surface area (Å²) in [6, 6.07) is 6.08. The van der Waals surface area contributed by atoms with Crippen LogP contribution in [0.2, 0.25) is 10.0 Å². The fraction of sp³-hybridized carbons (Fsp3) is 0.500. The summed E-state index contributed by atoms with van der Waals surface area (Å²) >= 11 is 11.9. The van der Waals surface area contributed by atoms with Crippen LogP contribution in [0.4, 0.5) is 5.69 Å². The molecule has 132 valence electrons. The number of aliphatic imine (C=N–C) groups is 1. The van der Waals surface area contributed by atoms with Gasteiger partial charge in [-0.1, -0.05) is 42.5 Å². The number of nitrogens with two attached hydrogens (primary N) is 1. The molecular weight excluding hydrogens is 343 g/mol. The van der Waals surface area contributed by atoms with Gasteiger partial charge in [-0.2, -0.15) is 0 Å². The first-order valence-electron chi connectivity index (χ1n) is 8.44. The topological polar surface area (TPSA) is 53.6 Å². The lowest BCUT2D eigenvalue weighted by molar-refractivity contribution is 0.196. The van der Waals surface area contributed by atoms with E-state index >= 15 is 0 Å². The van der Waals surface area contributed by atoms with Gasteiger partial charge in [0.15, 0.2) is 0 Å². The Morgan fingerprint density at radius 3 is 2.75 bits per heavy atom. The molecule has 0 heterocycles. The number of nitrogens with zero attached hydrogens (tertiary/aromatic N) is 2. The van der Waals surface area contributed by atoms with Crippen LogP contribution in [0.5, 0.6) is 0 Å². The zero-order valence-electron chi connectivity index (χ0n) is 14.1. The first-order valence-corrected chi connectivity index (χ1v) is 9.20. The minimum atomic E-state index is 0.514. The van der Waals surface area contributed by atoms with Crippen molar-refractivity contribution in [3.63, 3.8) is 0 Å². The summed E-state index contributed by atoms with van der Waals surface area (Å²) in [5, 5.41) is 4.15. The van der Waals surface area contributed by atoms with Crippen molar-refractivity contribution < 1.29 is 0 Å². The van der Waals surface area contributed by atoms with E-state index in [4.69, 9.17) is 28.9 Å². The third-order valence-corrected chi connectivity index (χ3v) is 5.11. The first kappa shape index (κ1) is 19.1. The normalized spacial score (nSPS) is 16.9. The first-order chi connectivity index (χ1) is 11.6. The van der Waals surface area contributed by atoms with E-state index in [9.17, 15) is 0 Å². The Morgan fingerprint density at radius 1 is 1.29 bits per heavy atom. The van der Waals surface area contributed by atoms with E-state index in [1.54, 1.807) is 24.4 Å². The van der Waals surface area contributed by atoms with Crippen molar-refractivity contribution in [1.29, 1.82) is 0 Å². The number of hydrogen-bond donors (Lipinski definition) is 2. The number of hydrogen-bond acceptors (Lipinski definition) is 3. The van der Waals surface area contributed by atoms with Gasteiger partial charge >= 0.3 is 0 Å². The third kappa shape index (κ3) is 6.34. The van der Waals surface area contributed by atoms with Gasteiger partial charge in [0.2, 0.25) is 0 Å². The van der Waals surface area contributed by atoms with Crippen molar-refractivity contribution in [3.8, 4) is 0 Å². The molecule has 0 atom stereocenters. The van der Waals surface area contributed by atoms with E-state index in [1.807, 2.05) is 6.07 Å². The molecule has 24 heavy (non-hydrogen) atoms. The number of rotatable bonds is 7. The summed E-state index contributed by atoms with van der Waals surface area (Å²) in [6.07, 6.45) is 10.2. The highest BCUT2D eigenvalue weighted by Gasteiger charge is 2.17. The molecule has 0 radical (unpaired) electrons. The lowest BCUT2D eigenvalue weighted by Gasteiger charge is -2.30. The molecule has 0 aromatic heterocycles. The number of likely N-dealkylation sites (N-methyl/N-ethyl adjacent to an activating group) is 1. The minimum absolute atomic E-state index is 0.514. The van der Waals surface area contributed by atoms with Gasteiger partial charge in [-0.15, -0.1) is 0 Å². The summed E-state index contributed by atoms with van der Waals surface area (Å²) in [7, 11) is 2.18. The van der Waals surface area contributed by atoms with Crippen LogP contribution >= 0.6 is 23.2 Å². The Balaban J connectivity index is 1.73. The van der Waals surface area contributed by atoms with E-state index in [0.717, 1.165) is 18.8 Å². The van der Waals surface area contributed by atoms with E-state index in [2.05, 4.69) is 22.3 Å². The molecule has 1 aliphatic carbocycles. The van der Waals surface area contributed by atoms with E-state index in [0.29, 0.717) is 21.9 Å². The Bertz CT molecular complexity index is 580. The molecule has 0 bridgehead atoms.